The molecule has 94 valence electrons. The highest BCUT2D eigenvalue weighted by atomic mass is 32.1. The van der Waals surface area contributed by atoms with Crippen molar-refractivity contribution in [3.63, 3.8) is 0 Å². The zero-order valence-corrected chi connectivity index (χ0v) is 11.5. The van der Waals surface area contributed by atoms with Crippen molar-refractivity contribution in [2.45, 2.75) is 26.3 Å². The van der Waals surface area contributed by atoms with Crippen molar-refractivity contribution in [2.24, 2.45) is 0 Å². The molecule has 2 N–H and O–H groups in total. The maximum Gasteiger partial charge on any atom is 0.129 e. The molecule has 0 spiro atoms. The van der Waals surface area contributed by atoms with Crippen LogP contribution in [0.15, 0.2) is 23.7 Å². The van der Waals surface area contributed by atoms with Crippen LogP contribution in [0.4, 0.5) is 11.5 Å². The van der Waals surface area contributed by atoms with Crippen LogP contribution in [0.3, 0.4) is 0 Å². The highest BCUT2D eigenvalue weighted by molar-refractivity contribution is 7.10. The van der Waals surface area contributed by atoms with Crippen molar-refractivity contribution in [2.75, 3.05) is 17.2 Å². The van der Waals surface area contributed by atoms with Gasteiger partial charge in [0.1, 0.15) is 5.82 Å². The number of hydrogen-bond donors (Lipinski definition) is 1. The third-order valence-electron chi connectivity index (χ3n) is 3.71. The first-order valence-corrected chi connectivity index (χ1v) is 7.10. The molecule has 1 aliphatic rings. The lowest BCUT2D eigenvalue weighted by Crippen LogP contribution is -2.33. The molecule has 0 saturated heterocycles. The number of nitrogen functional groups attached to an aromatic ring is 1. The van der Waals surface area contributed by atoms with Crippen LogP contribution in [0.1, 0.15) is 29.0 Å². The number of thiophene rings is 1. The molecule has 0 aliphatic carbocycles. The molecule has 1 unspecified atom stereocenters. The molecule has 0 fully saturated rings. The molecular weight excluding hydrogens is 242 g/mol. The molecule has 0 saturated carbocycles. The van der Waals surface area contributed by atoms with E-state index >= 15 is 0 Å². The minimum Gasteiger partial charge on any atom is -0.397 e. The number of fused-ring (bicyclic) bond motifs is 1. The number of aromatic nitrogens is 1. The number of pyridine rings is 1. The minimum absolute atomic E-state index is 0.399. The van der Waals surface area contributed by atoms with Crippen LogP contribution < -0.4 is 10.6 Å². The summed E-state index contributed by atoms with van der Waals surface area (Å²) in [5.74, 6) is 1.03. The summed E-state index contributed by atoms with van der Waals surface area (Å²) in [5.41, 5.74) is 9.14. The second-order valence-corrected chi connectivity index (χ2v) is 5.82. The summed E-state index contributed by atoms with van der Waals surface area (Å²) in [7, 11) is 0. The Hall–Kier alpha value is -1.55. The van der Waals surface area contributed by atoms with Gasteiger partial charge >= 0.3 is 0 Å². The number of hydrogen-bond acceptors (Lipinski definition) is 4. The van der Waals surface area contributed by atoms with Gasteiger partial charge in [0.15, 0.2) is 0 Å². The third kappa shape index (κ3) is 1.77. The number of anilines is 2. The van der Waals surface area contributed by atoms with Gasteiger partial charge in [-0.2, -0.15) is 0 Å². The molecule has 18 heavy (non-hydrogen) atoms. The first-order valence-electron chi connectivity index (χ1n) is 6.22. The fourth-order valence-electron chi connectivity index (χ4n) is 2.53. The SMILES string of the molecule is Cc1cc(N2CCc3sccc3C2C)ncc1N. The Morgan fingerprint density at radius 1 is 1.50 bits per heavy atom. The largest absolute Gasteiger partial charge is 0.397 e. The van der Waals surface area contributed by atoms with E-state index in [1.54, 1.807) is 6.20 Å². The summed E-state index contributed by atoms with van der Waals surface area (Å²) in [6.07, 6.45) is 2.88. The van der Waals surface area contributed by atoms with Gasteiger partial charge in [-0.3, -0.25) is 0 Å². The van der Waals surface area contributed by atoms with Crippen molar-refractivity contribution in [3.8, 4) is 0 Å². The van der Waals surface area contributed by atoms with E-state index in [-0.39, 0.29) is 0 Å². The Bertz CT molecular complexity index is 576. The van der Waals surface area contributed by atoms with Gasteiger partial charge in [-0.15, -0.1) is 11.3 Å². The van der Waals surface area contributed by atoms with Gasteiger partial charge in [-0.1, -0.05) is 0 Å². The van der Waals surface area contributed by atoms with Crippen LogP contribution in [-0.4, -0.2) is 11.5 Å². The standard InChI is InChI=1S/C14H17N3S/c1-9-7-14(16-8-12(9)15)17-5-3-13-11(10(17)2)4-6-18-13/h4,6-8,10H,3,5,15H2,1-2H3. The summed E-state index contributed by atoms with van der Waals surface area (Å²) < 4.78 is 0. The smallest absolute Gasteiger partial charge is 0.129 e. The van der Waals surface area contributed by atoms with Gasteiger partial charge in [0.25, 0.3) is 0 Å². The molecule has 1 atom stereocenters. The van der Waals surface area contributed by atoms with Gasteiger partial charge in [-0.25, -0.2) is 4.98 Å². The molecule has 2 aromatic heterocycles. The minimum atomic E-state index is 0.399. The van der Waals surface area contributed by atoms with E-state index in [4.69, 9.17) is 5.73 Å². The van der Waals surface area contributed by atoms with E-state index in [9.17, 15) is 0 Å². The molecule has 4 heteroatoms. The Morgan fingerprint density at radius 2 is 2.33 bits per heavy atom. The molecule has 2 aromatic rings. The molecule has 0 radical (unpaired) electrons. The highest BCUT2D eigenvalue weighted by Gasteiger charge is 2.25. The fourth-order valence-corrected chi connectivity index (χ4v) is 3.49. The summed E-state index contributed by atoms with van der Waals surface area (Å²) >= 11 is 1.86. The van der Waals surface area contributed by atoms with Crippen LogP contribution in [0.2, 0.25) is 0 Å². The van der Waals surface area contributed by atoms with E-state index in [1.165, 1.54) is 10.4 Å². The third-order valence-corrected chi connectivity index (χ3v) is 4.70. The van der Waals surface area contributed by atoms with Crippen molar-refractivity contribution in [1.82, 2.24) is 4.98 Å². The first-order chi connectivity index (χ1) is 8.66. The van der Waals surface area contributed by atoms with Gasteiger partial charge < -0.3 is 10.6 Å². The zero-order chi connectivity index (χ0) is 12.7. The zero-order valence-electron chi connectivity index (χ0n) is 10.7. The van der Waals surface area contributed by atoms with Gasteiger partial charge in [0.2, 0.25) is 0 Å². The second-order valence-electron chi connectivity index (χ2n) is 4.82. The monoisotopic (exact) mass is 259 g/mol. The van der Waals surface area contributed by atoms with Crippen molar-refractivity contribution < 1.29 is 0 Å². The molecule has 3 rings (SSSR count). The van der Waals surface area contributed by atoms with Crippen molar-refractivity contribution >= 4 is 22.8 Å². The average Bonchev–Trinajstić information content (AvgIpc) is 2.83. The topological polar surface area (TPSA) is 42.2 Å². The molecular formula is C14H17N3S. The van der Waals surface area contributed by atoms with Gasteiger partial charge in [0.05, 0.1) is 17.9 Å². The van der Waals surface area contributed by atoms with Crippen LogP contribution >= 0.6 is 11.3 Å². The van der Waals surface area contributed by atoms with Gasteiger partial charge in [0, 0.05) is 11.4 Å². The average molecular weight is 259 g/mol. The predicted octanol–water partition coefficient (Wildman–Crippen LogP) is 3.16. The van der Waals surface area contributed by atoms with Crippen LogP contribution in [-0.2, 0) is 6.42 Å². The quantitative estimate of drug-likeness (QED) is 0.855. The first kappa shape index (κ1) is 11.5. The number of nitrogens with two attached hydrogens (primary N) is 1. The Balaban J connectivity index is 1.96. The van der Waals surface area contributed by atoms with E-state index in [0.717, 1.165) is 30.0 Å². The molecule has 3 nitrogen and oxygen atoms in total. The Morgan fingerprint density at radius 3 is 3.11 bits per heavy atom. The molecule has 0 aromatic carbocycles. The number of rotatable bonds is 1. The number of aryl methyl sites for hydroxylation is 1. The van der Waals surface area contributed by atoms with Crippen LogP contribution in [0.5, 0.6) is 0 Å². The van der Waals surface area contributed by atoms with E-state index < -0.39 is 0 Å². The van der Waals surface area contributed by atoms with Crippen LogP contribution in [0, 0.1) is 6.92 Å². The van der Waals surface area contributed by atoms with Crippen molar-refractivity contribution in [3.05, 3.63) is 39.7 Å². The summed E-state index contributed by atoms with van der Waals surface area (Å²) in [4.78, 5) is 8.36. The molecule has 0 amide bonds. The van der Waals surface area contributed by atoms with Gasteiger partial charge in [-0.05, 0) is 48.9 Å². The molecule has 0 bridgehead atoms. The summed E-state index contributed by atoms with van der Waals surface area (Å²) in [6.45, 7) is 5.31. The van der Waals surface area contributed by atoms with E-state index in [0.29, 0.717) is 6.04 Å². The maximum absolute atomic E-state index is 5.83. The maximum atomic E-state index is 5.83. The van der Waals surface area contributed by atoms with Crippen LogP contribution in [0.25, 0.3) is 0 Å². The van der Waals surface area contributed by atoms with Crippen molar-refractivity contribution in [1.29, 1.82) is 0 Å². The Kier molecular flexibility index (Phi) is 2.74. The summed E-state index contributed by atoms with van der Waals surface area (Å²) in [5, 5.41) is 2.19. The molecule has 1 aliphatic heterocycles. The lowest BCUT2D eigenvalue weighted by Gasteiger charge is -2.34. The second kappa shape index (κ2) is 4.28. The molecule has 3 heterocycles. The predicted molar refractivity (Wildman–Crippen MR) is 77.2 cm³/mol. The lowest BCUT2D eigenvalue weighted by atomic mass is 10.0. The Labute approximate surface area is 111 Å². The van der Waals surface area contributed by atoms with E-state index in [2.05, 4.69) is 34.3 Å². The lowest BCUT2D eigenvalue weighted by molar-refractivity contribution is 0.625. The normalized spacial score (nSPS) is 18.8. The number of nitrogens with zero attached hydrogens (tertiary/aromatic N) is 2. The highest BCUT2D eigenvalue weighted by Crippen LogP contribution is 2.35. The summed E-state index contributed by atoms with van der Waals surface area (Å²) in [6, 6.07) is 4.72. The van der Waals surface area contributed by atoms with E-state index in [1.807, 2.05) is 18.3 Å². The fraction of sp³-hybridized carbons (Fsp3) is 0.357.